The van der Waals surface area contributed by atoms with Gasteiger partial charge in [-0.1, -0.05) is 41.6 Å². The first-order chi connectivity index (χ1) is 12.2. The summed E-state index contributed by atoms with van der Waals surface area (Å²) in [5.41, 5.74) is 5.55. The smallest absolute Gasteiger partial charge is 0.214 e. The Morgan fingerprint density at radius 2 is 1.92 bits per heavy atom. The number of rotatable bonds is 5. The maximum Gasteiger partial charge on any atom is 0.214 e. The molecule has 3 aromatic rings. The highest BCUT2D eigenvalue weighted by molar-refractivity contribution is 7.99. The number of tetrazole rings is 1. The number of nitrogens with zero attached hydrogens (tertiary/aromatic N) is 4. The number of carbonyl (C=O) groups excluding carboxylic acids is 1. The van der Waals surface area contributed by atoms with Gasteiger partial charge in [0.2, 0.25) is 5.16 Å². The van der Waals surface area contributed by atoms with Gasteiger partial charge in [-0.25, -0.2) is 0 Å². The van der Waals surface area contributed by atoms with Crippen LogP contribution in [0.15, 0.2) is 47.6 Å². The lowest BCUT2D eigenvalue weighted by atomic mass is 10.0. The number of ketones is 1. The van der Waals surface area contributed by atoms with Crippen LogP contribution in [-0.2, 0) is 12.8 Å². The minimum atomic E-state index is 0.109. The maximum absolute atomic E-state index is 12.5. The van der Waals surface area contributed by atoms with E-state index in [1.165, 1.54) is 34.9 Å². The van der Waals surface area contributed by atoms with E-state index in [-0.39, 0.29) is 5.78 Å². The average Bonchev–Trinajstić information content (AvgIpc) is 3.28. The molecule has 0 atom stereocenters. The predicted octanol–water partition coefficient (Wildman–Crippen LogP) is 3.43. The van der Waals surface area contributed by atoms with Gasteiger partial charge in [-0.15, -0.1) is 5.10 Å². The third kappa shape index (κ3) is 3.35. The summed E-state index contributed by atoms with van der Waals surface area (Å²) in [6, 6.07) is 14.1. The Hall–Kier alpha value is -2.47. The van der Waals surface area contributed by atoms with Crippen molar-refractivity contribution >= 4 is 17.5 Å². The van der Waals surface area contributed by atoms with Crippen molar-refractivity contribution in [1.29, 1.82) is 0 Å². The van der Waals surface area contributed by atoms with Crippen molar-refractivity contribution in [2.45, 2.75) is 31.3 Å². The Kier molecular flexibility index (Phi) is 4.36. The first-order valence-electron chi connectivity index (χ1n) is 8.34. The second-order valence-electron chi connectivity index (χ2n) is 6.26. The van der Waals surface area contributed by atoms with Crippen LogP contribution in [0.2, 0.25) is 0 Å². The van der Waals surface area contributed by atoms with Gasteiger partial charge in [-0.2, -0.15) is 4.68 Å². The summed E-state index contributed by atoms with van der Waals surface area (Å²) in [7, 11) is 0. The van der Waals surface area contributed by atoms with E-state index in [0.29, 0.717) is 10.9 Å². The summed E-state index contributed by atoms with van der Waals surface area (Å²) < 4.78 is 1.67. The highest BCUT2D eigenvalue weighted by Crippen LogP contribution is 2.24. The Morgan fingerprint density at radius 1 is 1.12 bits per heavy atom. The van der Waals surface area contributed by atoms with Crippen molar-refractivity contribution in [3.63, 3.8) is 0 Å². The highest BCUT2D eigenvalue weighted by Gasteiger charge is 2.16. The number of hydrogen-bond donors (Lipinski definition) is 0. The zero-order valence-electron chi connectivity index (χ0n) is 14.0. The van der Waals surface area contributed by atoms with Crippen LogP contribution in [-0.4, -0.2) is 31.7 Å². The quantitative estimate of drug-likeness (QED) is 0.521. The molecule has 0 radical (unpaired) electrons. The maximum atomic E-state index is 12.5. The lowest BCUT2D eigenvalue weighted by molar-refractivity contribution is 0.102. The number of Topliss-reactive ketones (excluding diaryl/α,β-unsaturated/α-hetero) is 1. The van der Waals surface area contributed by atoms with E-state index in [0.717, 1.165) is 24.1 Å². The SMILES string of the molecule is Cc1ccc(-n2nnnc2SCC(=O)c2ccc3c(c2)CCC3)cc1. The Bertz CT molecular complexity index is 917. The average molecular weight is 350 g/mol. The van der Waals surface area contributed by atoms with Crippen LogP contribution in [0.4, 0.5) is 0 Å². The molecule has 25 heavy (non-hydrogen) atoms. The predicted molar refractivity (Wildman–Crippen MR) is 97.4 cm³/mol. The fourth-order valence-corrected chi connectivity index (χ4v) is 3.86. The molecule has 1 heterocycles. The van der Waals surface area contributed by atoms with Crippen molar-refractivity contribution in [3.8, 4) is 5.69 Å². The van der Waals surface area contributed by atoms with Crippen LogP contribution in [0.5, 0.6) is 0 Å². The molecule has 5 nitrogen and oxygen atoms in total. The van der Waals surface area contributed by atoms with Crippen molar-refractivity contribution in [2.75, 3.05) is 5.75 Å². The topological polar surface area (TPSA) is 60.7 Å². The molecule has 0 aliphatic heterocycles. The van der Waals surface area contributed by atoms with Crippen LogP contribution in [0, 0.1) is 6.92 Å². The van der Waals surface area contributed by atoms with Crippen LogP contribution in [0.25, 0.3) is 5.69 Å². The molecule has 1 aromatic heterocycles. The molecular weight excluding hydrogens is 332 g/mol. The molecule has 0 unspecified atom stereocenters. The standard InChI is InChI=1S/C19H18N4OS/c1-13-5-9-17(10-6-13)23-19(20-21-22-23)25-12-18(24)16-8-7-14-3-2-4-15(14)11-16/h5-11H,2-4,12H2,1H3. The largest absolute Gasteiger partial charge is 0.293 e. The van der Waals surface area contributed by atoms with Crippen molar-refractivity contribution < 1.29 is 4.79 Å². The molecular formula is C19H18N4OS. The van der Waals surface area contributed by atoms with Crippen molar-refractivity contribution in [3.05, 3.63) is 64.7 Å². The van der Waals surface area contributed by atoms with Crippen LogP contribution in [0.3, 0.4) is 0 Å². The third-order valence-corrected chi connectivity index (χ3v) is 5.39. The zero-order valence-corrected chi connectivity index (χ0v) is 14.8. The van der Waals surface area contributed by atoms with E-state index in [4.69, 9.17) is 0 Å². The summed E-state index contributed by atoms with van der Waals surface area (Å²) in [5, 5.41) is 12.5. The van der Waals surface area contributed by atoms with Gasteiger partial charge in [0.25, 0.3) is 0 Å². The van der Waals surface area contributed by atoms with Gasteiger partial charge < -0.3 is 0 Å². The number of aromatic nitrogens is 4. The molecule has 0 saturated heterocycles. The van der Waals surface area contributed by atoms with Crippen molar-refractivity contribution in [2.24, 2.45) is 0 Å². The van der Waals surface area contributed by atoms with Crippen LogP contribution < -0.4 is 0 Å². The Morgan fingerprint density at radius 3 is 2.76 bits per heavy atom. The molecule has 0 N–H and O–H groups in total. The molecule has 1 aliphatic rings. The van der Waals surface area contributed by atoms with E-state index in [1.54, 1.807) is 4.68 Å². The van der Waals surface area contributed by atoms with E-state index in [9.17, 15) is 4.79 Å². The van der Waals surface area contributed by atoms with E-state index in [1.807, 2.05) is 43.3 Å². The number of thioether (sulfide) groups is 1. The second kappa shape index (κ2) is 6.80. The highest BCUT2D eigenvalue weighted by atomic mass is 32.2. The molecule has 126 valence electrons. The van der Waals surface area contributed by atoms with Gasteiger partial charge in [0.15, 0.2) is 5.78 Å². The monoisotopic (exact) mass is 350 g/mol. The molecule has 0 amide bonds. The fourth-order valence-electron chi connectivity index (χ4n) is 3.08. The van der Waals surface area contributed by atoms with Gasteiger partial charge in [-0.3, -0.25) is 4.79 Å². The normalized spacial score (nSPS) is 13.0. The van der Waals surface area contributed by atoms with E-state index in [2.05, 4.69) is 21.6 Å². The van der Waals surface area contributed by atoms with Gasteiger partial charge in [0, 0.05) is 5.56 Å². The van der Waals surface area contributed by atoms with Crippen LogP contribution >= 0.6 is 11.8 Å². The second-order valence-corrected chi connectivity index (χ2v) is 7.20. The minimum absolute atomic E-state index is 0.109. The summed E-state index contributed by atoms with van der Waals surface area (Å²) in [5.74, 6) is 0.434. The number of aryl methyl sites for hydroxylation is 3. The molecule has 0 saturated carbocycles. The first kappa shape index (κ1) is 16.0. The molecule has 2 aromatic carbocycles. The fraction of sp³-hybridized carbons (Fsp3) is 0.263. The molecule has 0 spiro atoms. The van der Waals surface area contributed by atoms with Crippen LogP contribution in [0.1, 0.15) is 33.5 Å². The number of hydrogen-bond acceptors (Lipinski definition) is 5. The van der Waals surface area contributed by atoms with Gasteiger partial charge in [0.05, 0.1) is 11.4 Å². The Labute approximate surface area is 150 Å². The molecule has 4 rings (SSSR count). The number of carbonyl (C=O) groups is 1. The van der Waals surface area contributed by atoms with Crippen molar-refractivity contribution in [1.82, 2.24) is 20.2 Å². The van der Waals surface area contributed by atoms with Gasteiger partial charge in [0.1, 0.15) is 0 Å². The van der Waals surface area contributed by atoms with E-state index < -0.39 is 0 Å². The minimum Gasteiger partial charge on any atom is -0.293 e. The molecule has 0 bridgehead atoms. The molecule has 0 fully saturated rings. The summed E-state index contributed by atoms with van der Waals surface area (Å²) in [6.45, 7) is 2.04. The molecule has 6 heteroatoms. The summed E-state index contributed by atoms with van der Waals surface area (Å²) >= 11 is 1.37. The number of benzene rings is 2. The molecule has 1 aliphatic carbocycles. The van der Waals surface area contributed by atoms with Gasteiger partial charge in [-0.05, 0) is 65.9 Å². The summed E-state index contributed by atoms with van der Waals surface area (Å²) in [6.07, 6.45) is 3.40. The lowest BCUT2D eigenvalue weighted by Crippen LogP contribution is -2.05. The Balaban J connectivity index is 1.48. The van der Waals surface area contributed by atoms with Gasteiger partial charge >= 0.3 is 0 Å². The number of fused-ring (bicyclic) bond motifs is 1. The van der Waals surface area contributed by atoms with E-state index >= 15 is 0 Å². The summed E-state index contributed by atoms with van der Waals surface area (Å²) in [4.78, 5) is 12.5. The third-order valence-electron chi connectivity index (χ3n) is 4.47. The first-order valence-corrected chi connectivity index (χ1v) is 9.32. The zero-order chi connectivity index (χ0) is 17.2. The lowest BCUT2D eigenvalue weighted by Gasteiger charge is -2.06.